The van der Waals surface area contributed by atoms with E-state index in [1.807, 2.05) is 43.3 Å². The maximum absolute atomic E-state index is 13.2. The van der Waals surface area contributed by atoms with Crippen LogP contribution in [0.25, 0.3) is 0 Å². The molecule has 3 aromatic carbocycles. The number of anilines is 1. The number of nitrogens with zero attached hydrogens (tertiary/aromatic N) is 3. The first-order valence-corrected chi connectivity index (χ1v) is 15.2. The maximum atomic E-state index is 13.2. The summed E-state index contributed by atoms with van der Waals surface area (Å²) in [6.07, 6.45) is 3.36. The summed E-state index contributed by atoms with van der Waals surface area (Å²) in [5, 5.41) is 5.75. The first-order valence-electron chi connectivity index (χ1n) is 13.8. The van der Waals surface area contributed by atoms with E-state index in [1.165, 1.54) is 4.31 Å². The second kappa shape index (κ2) is 13.1. The van der Waals surface area contributed by atoms with Crippen LogP contribution in [0, 0.1) is 6.92 Å². The molecule has 1 aliphatic rings. The third kappa shape index (κ3) is 7.09. The minimum absolute atomic E-state index is 0.299. The number of benzene rings is 3. The lowest BCUT2D eigenvalue weighted by atomic mass is 10.1. The summed E-state index contributed by atoms with van der Waals surface area (Å²) in [7, 11) is -3.53. The summed E-state index contributed by atoms with van der Waals surface area (Å²) in [4.78, 5) is 32.6. The second-order valence-corrected chi connectivity index (χ2v) is 12.2. The number of rotatable bonds is 9. The number of amides is 2. The number of carbonyl (C=O) groups excluding carboxylic acids is 2. The fourth-order valence-corrected chi connectivity index (χ4v) is 6.24. The molecule has 0 aliphatic carbocycles. The fraction of sp³-hybridized carbons (Fsp3) is 0.219. The lowest BCUT2D eigenvalue weighted by molar-refractivity contribution is 0.0951. The number of nitrogens with one attached hydrogen (secondary N) is 2. The van der Waals surface area contributed by atoms with Crippen molar-refractivity contribution in [2.45, 2.75) is 24.9 Å². The monoisotopic (exact) mass is 583 g/mol. The van der Waals surface area contributed by atoms with Gasteiger partial charge in [-0.1, -0.05) is 48.0 Å². The predicted molar refractivity (Wildman–Crippen MR) is 161 cm³/mol. The standard InChI is InChI=1S/C32H33N5O4S/c1-24-11-13-28(14-12-24)42(40,41)37-18-16-36(17-19-37)23-25-6-4-8-27(20-25)31(38)35-30-10-3-2-9-29(30)32(39)34-22-26-7-5-15-33-21-26/h2-15,20-21H,16-19,22-23H2,1H3,(H,34,39)(H,35,38). The number of hydrogen-bond acceptors (Lipinski definition) is 6. The molecule has 42 heavy (non-hydrogen) atoms. The molecule has 2 N–H and O–H groups in total. The van der Waals surface area contributed by atoms with Crippen LogP contribution in [-0.4, -0.2) is 60.6 Å². The molecule has 1 saturated heterocycles. The maximum Gasteiger partial charge on any atom is 0.255 e. The molecule has 9 nitrogen and oxygen atoms in total. The molecule has 0 bridgehead atoms. The molecule has 1 aromatic heterocycles. The zero-order chi connectivity index (χ0) is 29.5. The largest absolute Gasteiger partial charge is 0.348 e. The van der Waals surface area contributed by atoms with Gasteiger partial charge in [0.05, 0.1) is 16.1 Å². The molecule has 0 saturated carbocycles. The lowest BCUT2D eigenvalue weighted by Gasteiger charge is -2.34. The van der Waals surface area contributed by atoms with Crippen molar-refractivity contribution in [3.05, 3.63) is 125 Å². The Morgan fingerprint density at radius 3 is 2.31 bits per heavy atom. The average molecular weight is 584 g/mol. The fourth-order valence-electron chi connectivity index (χ4n) is 4.82. The van der Waals surface area contributed by atoms with Gasteiger partial charge in [0, 0.05) is 57.2 Å². The summed E-state index contributed by atoms with van der Waals surface area (Å²) in [5.41, 5.74) is 4.09. The van der Waals surface area contributed by atoms with Gasteiger partial charge >= 0.3 is 0 Å². The van der Waals surface area contributed by atoms with Crippen molar-refractivity contribution < 1.29 is 18.0 Å². The summed E-state index contributed by atoms with van der Waals surface area (Å²) in [5.74, 6) is -0.620. The Hall–Kier alpha value is -4.38. The van der Waals surface area contributed by atoms with Crippen LogP contribution >= 0.6 is 0 Å². The number of sulfonamides is 1. The van der Waals surface area contributed by atoms with E-state index in [1.54, 1.807) is 60.9 Å². The van der Waals surface area contributed by atoms with Crippen molar-refractivity contribution in [3.63, 3.8) is 0 Å². The highest BCUT2D eigenvalue weighted by Gasteiger charge is 2.28. The highest BCUT2D eigenvalue weighted by atomic mass is 32.2. The molecule has 1 aliphatic heterocycles. The van der Waals surface area contributed by atoms with Crippen LogP contribution in [-0.2, 0) is 23.1 Å². The van der Waals surface area contributed by atoms with Gasteiger partial charge in [0.2, 0.25) is 10.0 Å². The van der Waals surface area contributed by atoms with E-state index in [0.29, 0.717) is 61.0 Å². The van der Waals surface area contributed by atoms with Crippen molar-refractivity contribution in [1.29, 1.82) is 0 Å². The third-order valence-electron chi connectivity index (χ3n) is 7.18. The van der Waals surface area contributed by atoms with E-state index in [2.05, 4.69) is 20.5 Å². The Kier molecular flexibility index (Phi) is 9.06. The normalized spacial score (nSPS) is 14.3. The quantitative estimate of drug-likeness (QED) is 0.307. The van der Waals surface area contributed by atoms with Crippen molar-refractivity contribution in [3.8, 4) is 0 Å². The molecule has 216 valence electrons. The zero-order valence-electron chi connectivity index (χ0n) is 23.4. The number of piperazine rings is 1. The molecular weight excluding hydrogens is 550 g/mol. The van der Waals surface area contributed by atoms with Crippen LogP contribution in [0.1, 0.15) is 37.4 Å². The van der Waals surface area contributed by atoms with E-state index in [-0.39, 0.29) is 11.8 Å². The van der Waals surface area contributed by atoms with E-state index in [9.17, 15) is 18.0 Å². The Morgan fingerprint density at radius 1 is 0.833 bits per heavy atom. The molecule has 0 atom stereocenters. The summed E-state index contributed by atoms with van der Waals surface area (Å²) < 4.78 is 27.6. The number of aryl methyl sites for hydroxylation is 1. The molecule has 0 unspecified atom stereocenters. The number of aromatic nitrogens is 1. The number of hydrogen-bond donors (Lipinski definition) is 2. The van der Waals surface area contributed by atoms with Crippen molar-refractivity contribution >= 4 is 27.5 Å². The van der Waals surface area contributed by atoms with E-state index in [4.69, 9.17) is 0 Å². The average Bonchev–Trinajstić information content (AvgIpc) is 3.01. The van der Waals surface area contributed by atoms with E-state index in [0.717, 1.165) is 16.7 Å². The van der Waals surface area contributed by atoms with Gasteiger partial charge in [-0.15, -0.1) is 0 Å². The molecular formula is C32H33N5O4S. The Bertz CT molecular complexity index is 1650. The van der Waals surface area contributed by atoms with Gasteiger partial charge in [0.15, 0.2) is 0 Å². The van der Waals surface area contributed by atoms with Crippen molar-refractivity contribution in [1.82, 2.24) is 19.5 Å². The molecule has 4 aromatic rings. The Morgan fingerprint density at radius 2 is 1.57 bits per heavy atom. The first kappa shape index (κ1) is 29.1. The van der Waals surface area contributed by atoms with E-state index >= 15 is 0 Å². The molecule has 2 heterocycles. The molecule has 10 heteroatoms. The van der Waals surface area contributed by atoms with Crippen LogP contribution in [0.3, 0.4) is 0 Å². The highest BCUT2D eigenvalue weighted by Crippen LogP contribution is 2.20. The Balaban J connectivity index is 1.18. The Labute approximate surface area is 246 Å². The highest BCUT2D eigenvalue weighted by molar-refractivity contribution is 7.89. The van der Waals surface area contributed by atoms with Crippen LogP contribution in [0.15, 0.2) is 102 Å². The molecule has 5 rings (SSSR count). The van der Waals surface area contributed by atoms with Gasteiger partial charge in [-0.3, -0.25) is 19.5 Å². The minimum Gasteiger partial charge on any atom is -0.348 e. The summed E-state index contributed by atoms with van der Waals surface area (Å²) in [6.45, 7) is 4.81. The minimum atomic E-state index is -3.53. The van der Waals surface area contributed by atoms with Gasteiger partial charge in [-0.25, -0.2) is 8.42 Å². The van der Waals surface area contributed by atoms with Crippen molar-refractivity contribution in [2.75, 3.05) is 31.5 Å². The predicted octanol–water partition coefficient (Wildman–Crippen LogP) is 4.08. The molecule has 0 spiro atoms. The number of pyridine rings is 1. The van der Waals surface area contributed by atoms with Crippen LogP contribution < -0.4 is 10.6 Å². The van der Waals surface area contributed by atoms with Gasteiger partial charge in [-0.2, -0.15) is 4.31 Å². The lowest BCUT2D eigenvalue weighted by Crippen LogP contribution is -2.48. The molecule has 0 radical (unpaired) electrons. The smallest absolute Gasteiger partial charge is 0.255 e. The molecule has 2 amide bonds. The topological polar surface area (TPSA) is 112 Å². The van der Waals surface area contributed by atoms with Gasteiger partial charge in [-0.05, 0) is 60.5 Å². The number of para-hydroxylation sites is 1. The van der Waals surface area contributed by atoms with Crippen molar-refractivity contribution in [2.24, 2.45) is 0 Å². The summed E-state index contributed by atoms with van der Waals surface area (Å²) >= 11 is 0. The van der Waals surface area contributed by atoms with Crippen LogP contribution in [0.4, 0.5) is 5.69 Å². The van der Waals surface area contributed by atoms with E-state index < -0.39 is 10.0 Å². The van der Waals surface area contributed by atoms with Gasteiger partial charge < -0.3 is 10.6 Å². The van der Waals surface area contributed by atoms with Gasteiger partial charge in [0.1, 0.15) is 0 Å². The number of carbonyl (C=O) groups is 2. The van der Waals surface area contributed by atoms with Crippen LogP contribution in [0.5, 0.6) is 0 Å². The molecule has 1 fully saturated rings. The third-order valence-corrected chi connectivity index (χ3v) is 9.09. The van der Waals surface area contributed by atoms with Crippen LogP contribution in [0.2, 0.25) is 0 Å². The second-order valence-electron chi connectivity index (χ2n) is 10.2. The first-order chi connectivity index (χ1) is 20.3. The zero-order valence-corrected chi connectivity index (χ0v) is 24.2. The van der Waals surface area contributed by atoms with Gasteiger partial charge in [0.25, 0.3) is 11.8 Å². The SMILES string of the molecule is Cc1ccc(S(=O)(=O)N2CCN(Cc3cccc(C(=O)Nc4ccccc4C(=O)NCc4cccnc4)c3)CC2)cc1. The summed E-state index contributed by atoms with van der Waals surface area (Å²) in [6, 6.07) is 24.8.